The number of hydrogen-bond donors (Lipinski definition) is 2. The SMILES string of the molecule is CCCC1CC1Nc1cccc(F)c1C(=O)O. The molecule has 0 saturated heterocycles. The lowest BCUT2D eigenvalue weighted by molar-refractivity contribution is 0.0693. The molecule has 0 radical (unpaired) electrons. The summed E-state index contributed by atoms with van der Waals surface area (Å²) < 4.78 is 13.4. The van der Waals surface area contributed by atoms with Crippen LogP contribution < -0.4 is 5.32 Å². The molecule has 1 fully saturated rings. The molecule has 92 valence electrons. The van der Waals surface area contributed by atoms with Crippen LogP contribution in [-0.4, -0.2) is 17.1 Å². The highest BCUT2D eigenvalue weighted by Crippen LogP contribution is 2.38. The Balaban J connectivity index is 2.11. The third-order valence-electron chi connectivity index (χ3n) is 3.15. The van der Waals surface area contributed by atoms with Gasteiger partial charge in [-0.1, -0.05) is 19.4 Å². The average molecular weight is 237 g/mol. The monoisotopic (exact) mass is 237 g/mol. The van der Waals surface area contributed by atoms with Crippen LogP contribution in [0.25, 0.3) is 0 Å². The van der Waals surface area contributed by atoms with Crippen LogP contribution in [0.15, 0.2) is 18.2 Å². The summed E-state index contributed by atoms with van der Waals surface area (Å²) in [4.78, 5) is 11.0. The summed E-state index contributed by atoms with van der Waals surface area (Å²) in [6.45, 7) is 2.13. The van der Waals surface area contributed by atoms with Gasteiger partial charge in [-0.05, 0) is 30.9 Å². The molecule has 1 aliphatic carbocycles. The lowest BCUT2D eigenvalue weighted by atomic mass is 10.1. The molecule has 2 unspecified atom stereocenters. The minimum atomic E-state index is -1.22. The van der Waals surface area contributed by atoms with Gasteiger partial charge in [0.2, 0.25) is 0 Å². The molecule has 1 aliphatic rings. The quantitative estimate of drug-likeness (QED) is 0.827. The number of carboxylic acid groups (broad SMARTS) is 1. The molecule has 0 aromatic heterocycles. The molecule has 3 nitrogen and oxygen atoms in total. The van der Waals surface area contributed by atoms with E-state index in [9.17, 15) is 9.18 Å². The van der Waals surface area contributed by atoms with Crippen LogP contribution in [0.4, 0.5) is 10.1 Å². The van der Waals surface area contributed by atoms with Crippen LogP contribution in [0.3, 0.4) is 0 Å². The minimum Gasteiger partial charge on any atom is -0.478 e. The van der Waals surface area contributed by atoms with Crippen LogP contribution in [-0.2, 0) is 0 Å². The van der Waals surface area contributed by atoms with Gasteiger partial charge in [0.15, 0.2) is 0 Å². The standard InChI is InChI=1S/C13H16FNO2/c1-2-4-8-7-11(8)15-10-6-3-5-9(14)12(10)13(16)17/h3,5-6,8,11,15H,2,4,7H2,1H3,(H,16,17). The Hall–Kier alpha value is -1.58. The minimum absolute atomic E-state index is 0.255. The molecule has 2 rings (SSSR count). The number of carbonyl (C=O) groups is 1. The fourth-order valence-electron chi connectivity index (χ4n) is 2.18. The summed E-state index contributed by atoms with van der Waals surface area (Å²) in [7, 11) is 0. The second kappa shape index (κ2) is 4.73. The number of aromatic carboxylic acids is 1. The van der Waals surface area contributed by atoms with Gasteiger partial charge in [0.1, 0.15) is 11.4 Å². The summed E-state index contributed by atoms with van der Waals surface area (Å²) in [5.74, 6) is -1.31. The van der Waals surface area contributed by atoms with Crippen LogP contribution in [0.2, 0.25) is 0 Å². The molecule has 2 N–H and O–H groups in total. The first-order valence-electron chi connectivity index (χ1n) is 5.91. The predicted molar refractivity (Wildman–Crippen MR) is 63.8 cm³/mol. The Bertz CT molecular complexity index is 433. The van der Waals surface area contributed by atoms with Gasteiger partial charge in [0, 0.05) is 6.04 Å². The van der Waals surface area contributed by atoms with E-state index < -0.39 is 11.8 Å². The smallest absolute Gasteiger partial charge is 0.340 e. The fraction of sp³-hybridized carbons (Fsp3) is 0.462. The fourth-order valence-corrected chi connectivity index (χ4v) is 2.18. The van der Waals surface area contributed by atoms with E-state index in [0.717, 1.165) is 19.3 Å². The van der Waals surface area contributed by atoms with Gasteiger partial charge in [-0.2, -0.15) is 0 Å². The van der Waals surface area contributed by atoms with Gasteiger partial charge in [0.25, 0.3) is 0 Å². The van der Waals surface area contributed by atoms with E-state index >= 15 is 0 Å². The third kappa shape index (κ3) is 2.57. The number of anilines is 1. The van der Waals surface area contributed by atoms with Gasteiger partial charge < -0.3 is 10.4 Å². The molecular weight excluding hydrogens is 221 g/mol. The van der Waals surface area contributed by atoms with Gasteiger partial charge in [-0.25, -0.2) is 9.18 Å². The summed E-state index contributed by atoms with van der Waals surface area (Å²) >= 11 is 0. The largest absolute Gasteiger partial charge is 0.478 e. The Labute approximate surface area is 99.7 Å². The first kappa shape index (κ1) is 11.9. The molecule has 0 heterocycles. The number of nitrogens with one attached hydrogen (secondary N) is 1. The summed E-state index contributed by atoms with van der Waals surface area (Å²) in [6, 6.07) is 4.62. The van der Waals surface area contributed by atoms with Gasteiger partial charge in [0.05, 0.1) is 5.69 Å². The Kier molecular flexibility index (Phi) is 3.31. The highest BCUT2D eigenvalue weighted by atomic mass is 19.1. The molecule has 1 aromatic rings. The maximum absolute atomic E-state index is 13.4. The zero-order chi connectivity index (χ0) is 12.4. The molecule has 17 heavy (non-hydrogen) atoms. The van der Waals surface area contributed by atoms with Crippen molar-refractivity contribution in [3.63, 3.8) is 0 Å². The van der Waals surface area contributed by atoms with E-state index in [2.05, 4.69) is 12.2 Å². The Morgan fingerprint density at radius 3 is 3.00 bits per heavy atom. The van der Waals surface area contributed by atoms with E-state index in [0.29, 0.717) is 17.6 Å². The number of halogens is 1. The van der Waals surface area contributed by atoms with Crippen LogP contribution in [0.1, 0.15) is 36.5 Å². The lowest BCUT2D eigenvalue weighted by Gasteiger charge is -2.09. The molecule has 0 aliphatic heterocycles. The van der Waals surface area contributed by atoms with Crippen molar-refractivity contribution in [2.24, 2.45) is 5.92 Å². The molecule has 2 atom stereocenters. The predicted octanol–water partition coefficient (Wildman–Crippen LogP) is 3.12. The summed E-state index contributed by atoms with van der Waals surface area (Å²) in [5, 5.41) is 12.1. The van der Waals surface area contributed by atoms with Crippen molar-refractivity contribution in [1.82, 2.24) is 0 Å². The van der Waals surface area contributed by atoms with Crippen molar-refractivity contribution in [2.45, 2.75) is 32.2 Å². The van der Waals surface area contributed by atoms with E-state index in [1.807, 2.05) is 0 Å². The van der Waals surface area contributed by atoms with Crippen LogP contribution in [0.5, 0.6) is 0 Å². The van der Waals surface area contributed by atoms with Crippen molar-refractivity contribution in [2.75, 3.05) is 5.32 Å². The zero-order valence-corrected chi connectivity index (χ0v) is 9.74. The van der Waals surface area contributed by atoms with Crippen molar-refractivity contribution in [1.29, 1.82) is 0 Å². The third-order valence-corrected chi connectivity index (χ3v) is 3.15. The molecule has 1 saturated carbocycles. The summed E-state index contributed by atoms with van der Waals surface area (Å²) in [5.41, 5.74) is 0.135. The molecule has 0 spiro atoms. The highest BCUT2D eigenvalue weighted by Gasteiger charge is 2.36. The normalized spacial score (nSPS) is 22.2. The topological polar surface area (TPSA) is 49.3 Å². The number of rotatable bonds is 5. The average Bonchev–Trinajstić information content (AvgIpc) is 2.96. The van der Waals surface area contributed by atoms with E-state index in [1.54, 1.807) is 6.07 Å². The van der Waals surface area contributed by atoms with Crippen molar-refractivity contribution in [3.05, 3.63) is 29.6 Å². The molecule has 1 aromatic carbocycles. The van der Waals surface area contributed by atoms with E-state index in [-0.39, 0.29) is 5.56 Å². The number of carboxylic acids is 1. The van der Waals surface area contributed by atoms with Crippen LogP contribution in [0, 0.1) is 11.7 Å². The first-order valence-corrected chi connectivity index (χ1v) is 5.91. The zero-order valence-electron chi connectivity index (χ0n) is 9.74. The van der Waals surface area contributed by atoms with Crippen molar-refractivity contribution >= 4 is 11.7 Å². The van der Waals surface area contributed by atoms with E-state index in [1.165, 1.54) is 12.1 Å². The van der Waals surface area contributed by atoms with Crippen LogP contribution >= 0.6 is 0 Å². The Morgan fingerprint density at radius 1 is 1.59 bits per heavy atom. The number of hydrogen-bond acceptors (Lipinski definition) is 2. The Morgan fingerprint density at radius 2 is 2.35 bits per heavy atom. The van der Waals surface area contributed by atoms with Gasteiger partial charge >= 0.3 is 5.97 Å². The maximum atomic E-state index is 13.4. The molecular formula is C13H16FNO2. The molecule has 4 heteroatoms. The van der Waals surface area contributed by atoms with E-state index in [4.69, 9.17) is 5.11 Å². The molecule has 0 amide bonds. The van der Waals surface area contributed by atoms with Crippen molar-refractivity contribution in [3.8, 4) is 0 Å². The first-order chi connectivity index (χ1) is 8.13. The van der Waals surface area contributed by atoms with Gasteiger partial charge in [-0.15, -0.1) is 0 Å². The summed E-state index contributed by atoms with van der Waals surface area (Å²) in [6.07, 6.45) is 3.30. The second-order valence-electron chi connectivity index (χ2n) is 4.50. The lowest BCUT2D eigenvalue weighted by Crippen LogP contribution is -2.11. The second-order valence-corrected chi connectivity index (χ2v) is 4.50. The highest BCUT2D eigenvalue weighted by molar-refractivity contribution is 5.94. The molecule has 0 bridgehead atoms. The maximum Gasteiger partial charge on any atom is 0.340 e. The van der Waals surface area contributed by atoms with Crippen molar-refractivity contribution < 1.29 is 14.3 Å². The van der Waals surface area contributed by atoms with Gasteiger partial charge in [-0.3, -0.25) is 0 Å². The number of benzene rings is 1.